The maximum absolute atomic E-state index is 6.13. The first-order valence-corrected chi connectivity index (χ1v) is 8.63. The molecule has 0 unspecified atom stereocenters. The molecular weight excluding hydrogens is 337 g/mol. The Hall–Kier alpha value is -0.660. The number of rotatable bonds is 4. The quantitative estimate of drug-likeness (QED) is 0.584. The van der Waals surface area contributed by atoms with Gasteiger partial charge >= 0.3 is 7.73 Å². The number of aryl methyl sites for hydroxylation is 2. The van der Waals surface area contributed by atoms with Crippen LogP contribution < -0.4 is 9.05 Å². The summed E-state index contributed by atoms with van der Waals surface area (Å²) in [6.07, 6.45) is 0. The minimum atomic E-state index is -1.60. The zero-order valence-corrected chi connectivity index (χ0v) is 14.0. The van der Waals surface area contributed by atoms with Gasteiger partial charge in [-0.3, -0.25) is 0 Å². The summed E-state index contributed by atoms with van der Waals surface area (Å²) in [5.74, 6) is 1.31. The van der Waals surface area contributed by atoms with Gasteiger partial charge in [0.2, 0.25) is 0 Å². The van der Waals surface area contributed by atoms with Gasteiger partial charge in [-0.1, -0.05) is 23.2 Å². The van der Waals surface area contributed by atoms with Crippen LogP contribution in [0.1, 0.15) is 11.1 Å². The van der Waals surface area contributed by atoms with E-state index in [1.54, 1.807) is 24.3 Å². The molecular formula is C14H12Cl3O2P. The van der Waals surface area contributed by atoms with Crippen molar-refractivity contribution in [1.82, 2.24) is 0 Å². The number of benzene rings is 2. The van der Waals surface area contributed by atoms with E-state index >= 15 is 0 Å². The highest BCUT2D eigenvalue weighted by atomic mass is 35.7. The first-order valence-electron chi connectivity index (χ1n) is 5.80. The predicted octanol–water partition coefficient (Wildman–Crippen LogP) is 6.53. The molecule has 0 heterocycles. The summed E-state index contributed by atoms with van der Waals surface area (Å²) < 4.78 is 11.2. The largest absolute Gasteiger partial charge is 0.427 e. The van der Waals surface area contributed by atoms with Gasteiger partial charge in [0, 0.05) is 10.0 Å². The van der Waals surface area contributed by atoms with Crippen molar-refractivity contribution in [2.45, 2.75) is 13.8 Å². The van der Waals surface area contributed by atoms with Crippen LogP contribution in [0.4, 0.5) is 0 Å². The van der Waals surface area contributed by atoms with Gasteiger partial charge in [-0.2, -0.15) is 0 Å². The number of hydrogen-bond acceptors (Lipinski definition) is 2. The number of hydrogen-bond donors (Lipinski definition) is 0. The highest BCUT2D eigenvalue weighted by molar-refractivity contribution is 7.76. The van der Waals surface area contributed by atoms with Gasteiger partial charge in [0.1, 0.15) is 11.5 Å². The molecule has 2 rings (SSSR count). The Labute approximate surface area is 134 Å². The van der Waals surface area contributed by atoms with Crippen LogP contribution in [0.25, 0.3) is 0 Å². The molecule has 0 saturated heterocycles. The van der Waals surface area contributed by atoms with E-state index in [1.807, 2.05) is 26.0 Å². The smallest absolute Gasteiger partial charge is 0.401 e. The molecule has 20 heavy (non-hydrogen) atoms. The van der Waals surface area contributed by atoms with Crippen LogP contribution in [-0.4, -0.2) is 0 Å². The van der Waals surface area contributed by atoms with E-state index in [-0.39, 0.29) is 0 Å². The fraction of sp³-hybridized carbons (Fsp3) is 0.143. The van der Waals surface area contributed by atoms with Gasteiger partial charge < -0.3 is 9.05 Å². The van der Waals surface area contributed by atoms with Crippen molar-refractivity contribution >= 4 is 42.2 Å². The zero-order valence-electron chi connectivity index (χ0n) is 10.9. The molecule has 0 amide bonds. The lowest BCUT2D eigenvalue weighted by molar-refractivity contribution is 0.504. The van der Waals surface area contributed by atoms with Crippen molar-refractivity contribution in [2.75, 3.05) is 0 Å². The maximum Gasteiger partial charge on any atom is 0.401 e. The van der Waals surface area contributed by atoms with Crippen molar-refractivity contribution in [2.24, 2.45) is 0 Å². The third kappa shape index (κ3) is 4.17. The minimum absolute atomic E-state index is 0.655. The highest BCUT2D eigenvalue weighted by Crippen LogP contribution is 2.46. The Morgan fingerprint density at radius 3 is 1.55 bits per heavy atom. The van der Waals surface area contributed by atoms with Crippen molar-refractivity contribution in [3.63, 3.8) is 0 Å². The van der Waals surface area contributed by atoms with Gasteiger partial charge in [-0.25, -0.2) is 0 Å². The molecule has 0 aromatic heterocycles. The Morgan fingerprint density at radius 2 is 1.20 bits per heavy atom. The minimum Gasteiger partial charge on any atom is -0.427 e. The third-order valence-electron chi connectivity index (χ3n) is 2.61. The predicted molar refractivity (Wildman–Crippen MR) is 86.4 cm³/mol. The van der Waals surface area contributed by atoms with Crippen LogP contribution in [0, 0.1) is 13.8 Å². The Morgan fingerprint density at radius 1 is 0.800 bits per heavy atom. The molecule has 6 heteroatoms. The standard InChI is InChI=1S/C14H12Cl3O2P/c1-9-7-11(15)3-5-13(9)18-20(17)19-14-6-4-12(16)8-10(14)2/h3-8H,1-2H3. The van der Waals surface area contributed by atoms with Gasteiger partial charge in [0.25, 0.3) is 0 Å². The second-order valence-corrected chi connectivity index (χ2v) is 6.71. The molecule has 2 aromatic carbocycles. The normalized spacial score (nSPS) is 10.7. The van der Waals surface area contributed by atoms with E-state index in [0.717, 1.165) is 11.1 Å². The van der Waals surface area contributed by atoms with Crippen LogP contribution in [0.2, 0.25) is 10.0 Å². The number of halogens is 3. The molecule has 0 bridgehead atoms. The topological polar surface area (TPSA) is 18.5 Å². The fourth-order valence-corrected chi connectivity index (χ4v) is 3.26. The molecule has 0 aliphatic carbocycles. The summed E-state index contributed by atoms with van der Waals surface area (Å²) >= 11 is 17.9. The molecule has 0 N–H and O–H groups in total. The summed E-state index contributed by atoms with van der Waals surface area (Å²) in [6.45, 7) is 3.80. The van der Waals surface area contributed by atoms with Crippen molar-refractivity contribution in [1.29, 1.82) is 0 Å². The van der Waals surface area contributed by atoms with E-state index in [1.165, 1.54) is 0 Å². The molecule has 0 atom stereocenters. The SMILES string of the molecule is Cc1cc(Cl)ccc1OP(Cl)Oc1ccc(Cl)cc1C. The van der Waals surface area contributed by atoms with E-state index in [0.29, 0.717) is 21.5 Å². The first kappa shape index (κ1) is 15.7. The molecule has 0 saturated carbocycles. The summed E-state index contributed by atoms with van der Waals surface area (Å²) in [4.78, 5) is 0. The molecule has 0 aliphatic rings. The van der Waals surface area contributed by atoms with E-state index in [4.69, 9.17) is 43.5 Å². The lowest BCUT2D eigenvalue weighted by Crippen LogP contribution is -1.93. The lowest BCUT2D eigenvalue weighted by Gasteiger charge is -2.15. The van der Waals surface area contributed by atoms with Gasteiger partial charge in [-0.05, 0) is 72.6 Å². The second kappa shape index (κ2) is 6.87. The highest BCUT2D eigenvalue weighted by Gasteiger charge is 2.14. The van der Waals surface area contributed by atoms with Crippen LogP contribution >= 0.6 is 42.2 Å². The van der Waals surface area contributed by atoms with E-state index in [9.17, 15) is 0 Å². The Balaban J connectivity index is 2.07. The lowest BCUT2D eigenvalue weighted by atomic mass is 10.2. The van der Waals surface area contributed by atoms with Crippen LogP contribution in [0.3, 0.4) is 0 Å². The van der Waals surface area contributed by atoms with Gasteiger partial charge in [0.15, 0.2) is 0 Å². The second-order valence-electron chi connectivity index (χ2n) is 4.21. The van der Waals surface area contributed by atoms with Crippen LogP contribution in [0.15, 0.2) is 36.4 Å². The third-order valence-corrected chi connectivity index (χ3v) is 4.18. The van der Waals surface area contributed by atoms with E-state index in [2.05, 4.69) is 0 Å². The Kier molecular flexibility index (Phi) is 5.40. The molecule has 0 aliphatic heterocycles. The van der Waals surface area contributed by atoms with E-state index < -0.39 is 7.73 Å². The molecule has 0 fully saturated rings. The zero-order chi connectivity index (χ0) is 14.7. The van der Waals surface area contributed by atoms with Crippen molar-refractivity contribution < 1.29 is 9.05 Å². The average molecular weight is 350 g/mol. The Bertz CT molecular complexity index is 566. The molecule has 106 valence electrons. The van der Waals surface area contributed by atoms with Crippen LogP contribution in [0.5, 0.6) is 11.5 Å². The summed E-state index contributed by atoms with van der Waals surface area (Å²) in [5.41, 5.74) is 1.81. The molecule has 2 aromatic rings. The monoisotopic (exact) mass is 348 g/mol. The van der Waals surface area contributed by atoms with Crippen molar-refractivity contribution in [3.05, 3.63) is 57.6 Å². The van der Waals surface area contributed by atoms with Gasteiger partial charge in [-0.15, -0.1) is 0 Å². The summed E-state index contributed by atoms with van der Waals surface area (Å²) in [5, 5.41) is 1.31. The first-order chi connectivity index (χ1) is 9.45. The maximum atomic E-state index is 6.13. The fourth-order valence-electron chi connectivity index (χ4n) is 1.60. The average Bonchev–Trinajstić information content (AvgIpc) is 2.36. The summed E-state index contributed by atoms with van der Waals surface area (Å²) in [6, 6.07) is 10.7. The van der Waals surface area contributed by atoms with Crippen molar-refractivity contribution in [3.8, 4) is 11.5 Å². The van der Waals surface area contributed by atoms with Crippen LogP contribution in [-0.2, 0) is 0 Å². The molecule has 0 radical (unpaired) electrons. The molecule has 0 spiro atoms. The summed E-state index contributed by atoms with van der Waals surface area (Å²) in [7, 11) is -1.60. The van der Waals surface area contributed by atoms with Gasteiger partial charge in [0.05, 0.1) is 0 Å². The molecule has 2 nitrogen and oxygen atoms in total.